The molecule has 3 heterocycles. The summed E-state index contributed by atoms with van der Waals surface area (Å²) in [5, 5.41) is 11.3. The Morgan fingerprint density at radius 3 is 3.05 bits per heavy atom. The number of pyridine rings is 1. The largest absolute Gasteiger partial charge is 0.308 e. The van der Waals surface area contributed by atoms with E-state index in [0.29, 0.717) is 11.6 Å². The standard InChI is InChI=1S/C16H14N4OS/c1-9-14-15(22-8-13(21)18-16(14)20-19-9)11-6-7-17-12-5-3-2-4-10(11)12/h2-7,15H,8H2,1H3,(H2,18,19,20,21)/t15-/m1/s1. The predicted molar refractivity (Wildman–Crippen MR) is 88.0 cm³/mol. The molecule has 0 radical (unpaired) electrons. The van der Waals surface area contributed by atoms with E-state index < -0.39 is 0 Å². The van der Waals surface area contributed by atoms with Crippen molar-refractivity contribution in [2.45, 2.75) is 12.2 Å². The van der Waals surface area contributed by atoms with Crippen molar-refractivity contribution < 1.29 is 4.79 Å². The summed E-state index contributed by atoms with van der Waals surface area (Å²) in [7, 11) is 0. The zero-order valence-corrected chi connectivity index (χ0v) is 12.8. The molecule has 4 rings (SSSR count). The van der Waals surface area contributed by atoms with Gasteiger partial charge in [-0.25, -0.2) is 0 Å². The summed E-state index contributed by atoms with van der Waals surface area (Å²) in [5.74, 6) is 1.04. The predicted octanol–water partition coefficient (Wildman–Crippen LogP) is 3.04. The third-order valence-corrected chi connectivity index (χ3v) is 5.11. The van der Waals surface area contributed by atoms with Crippen molar-refractivity contribution >= 4 is 34.4 Å². The molecule has 1 aliphatic heterocycles. The van der Waals surface area contributed by atoms with Gasteiger partial charge in [-0.3, -0.25) is 14.9 Å². The van der Waals surface area contributed by atoms with Crippen molar-refractivity contribution in [3.63, 3.8) is 0 Å². The van der Waals surface area contributed by atoms with Gasteiger partial charge in [-0.1, -0.05) is 18.2 Å². The lowest BCUT2D eigenvalue weighted by molar-refractivity contribution is -0.113. The molecule has 1 atom stereocenters. The van der Waals surface area contributed by atoms with E-state index >= 15 is 0 Å². The fraction of sp³-hybridized carbons (Fsp3) is 0.188. The highest BCUT2D eigenvalue weighted by Gasteiger charge is 2.29. The minimum absolute atomic E-state index is 0.0152. The number of anilines is 1. The van der Waals surface area contributed by atoms with Crippen molar-refractivity contribution in [1.82, 2.24) is 15.2 Å². The minimum Gasteiger partial charge on any atom is -0.308 e. The van der Waals surface area contributed by atoms with Crippen molar-refractivity contribution in [3.05, 3.63) is 53.3 Å². The molecule has 1 aliphatic rings. The number of rotatable bonds is 1. The Morgan fingerprint density at radius 2 is 2.14 bits per heavy atom. The van der Waals surface area contributed by atoms with E-state index in [1.165, 1.54) is 0 Å². The molecule has 0 saturated heterocycles. The van der Waals surface area contributed by atoms with E-state index in [2.05, 4.69) is 26.6 Å². The maximum Gasteiger partial charge on any atom is 0.235 e. The molecule has 2 N–H and O–H groups in total. The third kappa shape index (κ3) is 2.07. The number of amides is 1. The fourth-order valence-electron chi connectivity index (χ4n) is 2.86. The van der Waals surface area contributed by atoms with Gasteiger partial charge in [-0.15, -0.1) is 11.8 Å². The smallest absolute Gasteiger partial charge is 0.235 e. The lowest BCUT2D eigenvalue weighted by Gasteiger charge is -2.17. The molecule has 3 aromatic rings. The van der Waals surface area contributed by atoms with Gasteiger partial charge < -0.3 is 5.32 Å². The number of aromatic nitrogens is 3. The van der Waals surface area contributed by atoms with Crippen LogP contribution in [0.1, 0.15) is 22.1 Å². The van der Waals surface area contributed by atoms with Crippen LogP contribution in [-0.2, 0) is 4.79 Å². The number of para-hydroxylation sites is 1. The quantitative estimate of drug-likeness (QED) is 0.725. The van der Waals surface area contributed by atoms with Gasteiger partial charge in [0.1, 0.15) is 0 Å². The molecule has 22 heavy (non-hydrogen) atoms. The summed E-state index contributed by atoms with van der Waals surface area (Å²) in [6.07, 6.45) is 1.83. The summed E-state index contributed by atoms with van der Waals surface area (Å²) < 4.78 is 0. The number of aromatic amines is 1. The summed E-state index contributed by atoms with van der Waals surface area (Å²) in [5.41, 5.74) is 4.16. The van der Waals surface area contributed by atoms with E-state index in [1.54, 1.807) is 11.8 Å². The number of hydrogen-bond acceptors (Lipinski definition) is 4. The molecular weight excluding hydrogens is 296 g/mol. The average Bonchev–Trinajstić information content (AvgIpc) is 2.79. The highest BCUT2D eigenvalue weighted by atomic mass is 32.2. The summed E-state index contributed by atoms with van der Waals surface area (Å²) in [6, 6.07) is 10.1. The molecule has 6 heteroatoms. The summed E-state index contributed by atoms with van der Waals surface area (Å²) in [4.78, 5) is 16.3. The van der Waals surface area contributed by atoms with Gasteiger partial charge in [0.05, 0.1) is 16.5 Å². The maximum atomic E-state index is 11.9. The molecule has 1 amide bonds. The van der Waals surface area contributed by atoms with Gasteiger partial charge in [0.15, 0.2) is 5.82 Å². The SMILES string of the molecule is Cc1[nH]nc2c1[C@@H](c1ccnc3ccccc13)SCC(=O)N2. The molecule has 0 spiro atoms. The third-order valence-electron chi connectivity index (χ3n) is 3.86. The van der Waals surface area contributed by atoms with E-state index in [-0.39, 0.29) is 11.2 Å². The Morgan fingerprint density at radius 1 is 1.27 bits per heavy atom. The van der Waals surface area contributed by atoms with Gasteiger partial charge >= 0.3 is 0 Å². The number of H-pyrrole nitrogens is 1. The Hall–Kier alpha value is -2.34. The van der Waals surface area contributed by atoms with E-state index in [0.717, 1.165) is 27.7 Å². The first kappa shape index (κ1) is 13.3. The van der Waals surface area contributed by atoms with Crippen molar-refractivity contribution in [3.8, 4) is 0 Å². The molecule has 5 nitrogen and oxygen atoms in total. The number of carbonyl (C=O) groups is 1. The number of thioether (sulfide) groups is 1. The highest BCUT2D eigenvalue weighted by molar-refractivity contribution is 8.00. The number of aryl methyl sites for hydroxylation is 1. The Labute approximate surface area is 131 Å². The first-order valence-electron chi connectivity index (χ1n) is 7.04. The molecule has 110 valence electrons. The molecular formula is C16H14N4OS. The second-order valence-electron chi connectivity index (χ2n) is 5.27. The number of fused-ring (bicyclic) bond motifs is 2. The molecule has 1 aromatic carbocycles. The zero-order valence-electron chi connectivity index (χ0n) is 12.0. The topological polar surface area (TPSA) is 70.7 Å². The molecule has 0 aliphatic carbocycles. The number of nitrogens with zero attached hydrogens (tertiary/aromatic N) is 2. The van der Waals surface area contributed by atoms with Crippen LogP contribution in [0.5, 0.6) is 0 Å². The molecule has 2 aromatic heterocycles. The average molecular weight is 310 g/mol. The zero-order chi connectivity index (χ0) is 15.1. The second-order valence-corrected chi connectivity index (χ2v) is 6.36. The van der Waals surface area contributed by atoms with E-state index in [1.807, 2.05) is 37.4 Å². The minimum atomic E-state index is -0.0152. The summed E-state index contributed by atoms with van der Waals surface area (Å²) in [6.45, 7) is 1.99. The van der Waals surface area contributed by atoms with Crippen LogP contribution in [0.4, 0.5) is 5.82 Å². The molecule has 0 unspecified atom stereocenters. The van der Waals surface area contributed by atoms with Crippen LogP contribution in [0.25, 0.3) is 10.9 Å². The highest BCUT2D eigenvalue weighted by Crippen LogP contribution is 2.43. The Kier molecular flexibility index (Phi) is 3.11. The van der Waals surface area contributed by atoms with Crippen LogP contribution in [-0.4, -0.2) is 26.8 Å². The van der Waals surface area contributed by atoms with Gasteiger partial charge in [-0.2, -0.15) is 5.10 Å². The van der Waals surface area contributed by atoms with Gasteiger partial charge in [0.2, 0.25) is 5.91 Å². The van der Waals surface area contributed by atoms with Gasteiger partial charge in [-0.05, 0) is 24.6 Å². The van der Waals surface area contributed by atoms with Crippen LogP contribution < -0.4 is 5.32 Å². The Balaban J connectivity index is 1.94. The number of hydrogen-bond donors (Lipinski definition) is 2. The van der Waals surface area contributed by atoms with Crippen LogP contribution >= 0.6 is 11.8 Å². The van der Waals surface area contributed by atoms with Crippen LogP contribution in [0, 0.1) is 6.92 Å². The number of nitrogens with one attached hydrogen (secondary N) is 2. The molecule has 0 bridgehead atoms. The van der Waals surface area contributed by atoms with E-state index in [9.17, 15) is 4.79 Å². The normalized spacial score (nSPS) is 17.9. The van der Waals surface area contributed by atoms with Crippen LogP contribution in [0.15, 0.2) is 36.5 Å². The van der Waals surface area contributed by atoms with Gasteiger partial charge in [0, 0.05) is 22.8 Å². The van der Waals surface area contributed by atoms with Crippen LogP contribution in [0.3, 0.4) is 0 Å². The van der Waals surface area contributed by atoms with Crippen molar-refractivity contribution in [1.29, 1.82) is 0 Å². The number of carbonyl (C=O) groups excluding carboxylic acids is 1. The first-order chi connectivity index (χ1) is 10.7. The number of benzene rings is 1. The molecule has 0 fully saturated rings. The van der Waals surface area contributed by atoms with Crippen molar-refractivity contribution in [2.75, 3.05) is 11.1 Å². The lowest BCUT2D eigenvalue weighted by atomic mass is 10.0. The fourth-order valence-corrected chi connectivity index (χ4v) is 4.09. The Bertz CT molecular complexity index is 868. The maximum absolute atomic E-state index is 11.9. The second kappa shape index (κ2) is 5.14. The van der Waals surface area contributed by atoms with Crippen LogP contribution in [0.2, 0.25) is 0 Å². The van der Waals surface area contributed by atoms with E-state index in [4.69, 9.17) is 0 Å². The van der Waals surface area contributed by atoms with Crippen molar-refractivity contribution in [2.24, 2.45) is 0 Å². The monoisotopic (exact) mass is 310 g/mol. The molecule has 0 saturated carbocycles. The lowest BCUT2D eigenvalue weighted by Crippen LogP contribution is -2.12. The first-order valence-corrected chi connectivity index (χ1v) is 8.09. The van der Waals surface area contributed by atoms with Gasteiger partial charge in [0.25, 0.3) is 0 Å². The summed E-state index contributed by atoms with van der Waals surface area (Å²) >= 11 is 1.62.